The van der Waals surface area contributed by atoms with Crippen LogP contribution < -0.4 is 5.32 Å². The van der Waals surface area contributed by atoms with Gasteiger partial charge < -0.3 is 5.32 Å². The number of hydrogen-bond acceptors (Lipinski definition) is 2. The molecule has 108 valence electrons. The molecule has 0 spiro atoms. The van der Waals surface area contributed by atoms with Crippen LogP contribution in [-0.2, 0) is 6.42 Å². The van der Waals surface area contributed by atoms with E-state index in [1.165, 1.54) is 17.4 Å². The quantitative estimate of drug-likeness (QED) is 0.794. The van der Waals surface area contributed by atoms with E-state index in [2.05, 4.69) is 12.2 Å². The van der Waals surface area contributed by atoms with Crippen molar-refractivity contribution in [2.24, 2.45) is 0 Å². The van der Waals surface area contributed by atoms with Crippen LogP contribution in [0, 0.1) is 11.6 Å². The van der Waals surface area contributed by atoms with E-state index in [9.17, 15) is 8.78 Å². The van der Waals surface area contributed by atoms with Crippen LogP contribution >= 0.6 is 22.9 Å². The second-order valence-corrected chi connectivity index (χ2v) is 5.91. The van der Waals surface area contributed by atoms with Crippen LogP contribution in [0.15, 0.2) is 29.6 Å². The number of nitrogens with one attached hydrogen (secondary N) is 1. The van der Waals surface area contributed by atoms with Crippen molar-refractivity contribution in [3.63, 3.8) is 0 Å². The largest absolute Gasteiger partial charge is 0.309 e. The predicted octanol–water partition coefficient (Wildman–Crippen LogP) is 4.96. The molecule has 1 heterocycles. The van der Waals surface area contributed by atoms with Crippen molar-refractivity contribution in [3.05, 3.63) is 56.7 Å². The fraction of sp³-hybridized carbons (Fsp3) is 0.333. The minimum Gasteiger partial charge on any atom is -0.309 e. The molecule has 1 N–H and O–H groups in total. The number of hydrogen-bond donors (Lipinski definition) is 1. The van der Waals surface area contributed by atoms with Gasteiger partial charge in [-0.2, -0.15) is 0 Å². The van der Waals surface area contributed by atoms with E-state index in [-0.39, 0.29) is 6.04 Å². The molecule has 0 fully saturated rings. The summed E-state index contributed by atoms with van der Waals surface area (Å²) < 4.78 is 27.1. The summed E-state index contributed by atoms with van der Waals surface area (Å²) in [4.78, 5) is 0.962. The Morgan fingerprint density at radius 3 is 2.75 bits per heavy atom. The number of halogens is 3. The van der Waals surface area contributed by atoms with Gasteiger partial charge in [0.1, 0.15) is 0 Å². The van der Waals surface area contributed by atoms with Crippen LogP contribution in [0.3, 0.4) is 0 Å². The van der Waals surface area contributed by atoms with Crippen LogP contribution in [0.4, 0.5) is 8.78 Å². The number of thiophene rings is 1. The van der Waals surface area contributed by atoms with Crippen molar-refractivity contribution in [1.82, 2.24) is 5.32 Å². The zero-order valence-electron chi connectivity index (χ0n) is 11.1. The highest BCUT2D eigenvalue weighted by molar-refractivity contribution is 7.10. The third kappa shape index (κ3) is 3.57. The molecule has 1 nitrogen and oxygen atoms in total. The van der Waals surface area contributed by atoms with E-state index in [1.54, 1.807) is 6.07 Å². The van der Waals surface area contributed by atoms with Gasteiger partial charge in [0.15, 0.2) is 11.6 Å². The summed E-state index contributed by atoms with van der Waals surface area (Å²) in [5, 5.41) is 5.91. The smallest absolute Gasteiger partial charge is 0.162 e. The fourth-order valence-corrected chi connectivity index (χ4v) is 3.32. The molecule has 1 atom stereocenters. The van der Waals surface area contributed by atoms with Crippen LogP contribution in [-0.4, -0.2) is 6.54 Å². The van der Waals surface area contributed by atoms with Crippen molar-refractivity contribution < 1.29 is 8.78 Å². The molecule has 0 bridgehead atoms. The Morgan fingerprint density at radius 2 is 2.10 bits per heavy atom. The minimum absolute atomic E-state index is 0.0984. The molecule has 0 aliphatic rings. The molecule has 5 heteroatoms. The second-order valence-electron chi connectivity index (χ2n) is 4.56. The molecule has 1 aromatic carbocycles. The normalized spacial score (nSPS) is 12.6. The van der Waals surface area contributed by atoms with Gasteiger partial charge in [-0.15, -0.1) is 11.3 Å². The maximum Gasteiger partial charge on any atom is 0.162 e. The molecule has 0 saturated carbocycles. The Morgan fingerprint density at radius 1 is 1.30 bits per heavy atom. The Bertz CT molecular complexity index is 571. The van der Waals surface area contributed by atoms with Gasteiger partial charge in [-0.25, -0.2) is 8.78 Å². The molecule has 1 unspecified atom stereocenters. The van der Waals surface area contributed by atoms with Crippen LogP contribution in [0.25, 0.3) is 0 Å². The Balaban J connectivity index is 2.24. The Hall–Kier alpha value is -0.970. The highest BCUT2D eigenvalue weighted by atomic mass is 35.5. The molecule has 0 aliphatic heterocycles. The highest BCUT2D eigenvalue weighted by Crippen LogP contribution is 2.31. The van der Waals surface area contributed by atoms with Gasteiger partial charge in [0, 0.05) is 10.9 Å². The SMILES string of the molecule is CCCNC(Cc1cccc(F)c1F)c1sccc1Cl. The first-order chi connectivity index (χ1) is 9.63. The molecule has 0 amide bonds. The first kappa shape index (κ1) is 15.4. The Kier molecular flexibility index (Phi) is 5.52. The van der Waals surface area contributed by atoms with Crippen molar-refractivity contribution in [3.8, 4) is 0 Å². The van der Waals surface area contributed by atoms with Gasteiger partial charge in [-0.3, -0.25) is 0 Å². The molecule has 0 radical (unpaired) electrons. The second kappa shape index (κ2) is 7.16. The molecular weight excluding hydrogens is 300 g/mol. The van der Waals surface area contributed by atoms with Gasteiger partial charge >= 0.3 is 0 Å². The zero-order chi connectivity index (χ0) is 14.5. The number of benzene rings is 1. The van der Waals surface area contributed by atoms with Crippen molar-refractivity contribution in [2.45, 2.75) is 25.8 Å². The summed E-state index contributed by atoms with van der Waals surface area (Å²) in [6, 6.07) is 6.00. The van der Waals surface area contributed by atoms with E-state index in [4.69, 9.17) is 11.6 Å². The van der Waals surface area contributed by atoms with Gasteiger partial charge in [0.2, 0.25) is 0 Å². The average molecular weight is 316 g/mol. The van der Waals surface area contributed by atoms with Crippen molar-refractivity contribution in [2.75, 3.05) is 6.54 Å². The summed E-state index contributed by atoms with van der Waals surface area (Å²) in [6.07, 6.45) is 1.34. The summed E-state index contributed by atoms with van der Waals surface area (Å²) in [5.74, 6) is -1.59. The lowest BCUT2D eigenvalue weighted by molar-refractivity contribution is 0.479. The summed E-state index contributed by atoms with van der Waals surface area (Å²) in [5.41, 5.74) is 0.364. The van der Waals surface area contributed by atoms with Crippen molar-refractivity contribution >= 4 is 22.9 Å². The molecular formula is C15H16ClF2NS. The maximum absolute atomic E-state index is 13.8. The molecule has 2 aromatic rings. The van der Waals surface area contributed by atoms with E-state index >= 15 is 0 Å². The molecule has 0 aliphatic carbocycles. The van der Waals surface area contributed by atoms with Gasteiger partial charge in [-0.05, 0) is 42.5 Å². The van der Waals surface area contributed by atoms with Crippen LogP contribution in [0.5, 0.6) is 0 Å². The maximum atomic E-state index is 13.8. The lowest BCUT2D eigenvalue weighted by Crippen LogP contribution is -2.24. The predicted molar refractivity (Wildman–Crippen MR) is 80.4 cm³/mol. The van der Waals surface area contributed by atoms with Gasteiger partial charge in [-0.1, -0.05) is 30.7 Å². The van der Waals surface area contributed by atoms with E-state index in [0.29, 0.717) is 17.0 Å². The summed E-state index contributed by atoms with van der Waals surface area (Å²) >= 11 is 7.68. The Labute approximate surface area is 126 Å². The highest BCUT2D eigenvalue weighted by Gasteiger charge is 2.19. The lowest BCUT2D eigenvalue weighted by Gasteiger charge is -2.18. The van der Waals surface area contributed by atoms with E-state index < -0.39 is 11.6 Å². The zero-order valence-corrected chi connectivity index (χ0v) is 12.7. The van der Waals surface area contributed by atoms with Gasteiger partial charge in [0.25, 0.3) is 0 Å². The molecule has 2 rings (SSSR count). The average Bonchev–Trinajstić information content (AvgIpc) is 2.85. The summed E-state index contributed by atoms with van der Waals surface area (Å²) in [6.45, 7) is 2.86. The number of rotatable bonds is 6. The topological polar surface area (TPSA) is 12.0 Å². The monoisotopic (exact) mass is 315 g/mol. The third-order valence-electron chi connectivity index (χ3n) is 3.06. The van der Waals surface area contributed by atoms with Crippen LogP contribution in [0.1, 0.15) is 29.8 Å². The van der Waals surface area contributed by atoms with E-state index in [0.717, 1.165) is 23.9 Å². The molecule has 1 aromatic heterocycles. The summed E-state index contributed by atoms with van der Waals surface area (Å²) in [7, 11) is 0. The minimum atomic E-state index is -0.811. The van der Waals surface area contributed by atoms with Crippen LogP contribution in [0.2, 0.25) is 5.02 Å². The fourth-order valence-electron chi connectivity index (χ4n) is 2.06. The lowest BCUT2D eigenvalue weighted by atomic mass is 10.0. The van der Waals surface area contributed by atoms with Crippen molar-refractivity contribution in [1.29, 1.82) is 0 Å². The van der Waals surface area contributed by atoms with Gasteiger partial charge in [0.05, 0.1) is 5.02 Å². The molecule has 0 saturated heterocycles. The van der Waals surface area contributed by atoms with E-state index in [1.807, 2.05) is 11.4 Å². The first-order valence-electron chi connectivity index (χ1n) is 6.52. The molecule has 20 heavy (non-hydrogen) atoms. The standard InChI is InChI=1S/C15H16ClF2NS/c1-2-7-19-13(15-11(16)6-8-20-15)9-10-4-3-5-12(17)14(10)18/h3-6,8,13,19H,2,7,9H2,1H3. The third-order valence-corrected chi connectivity index (χ3v) is 4.53. The first-order valence-corrected chi connectivity index (χ1v) is 7.78.